The third kappa shape index (κ3) is 3.34. The van der Waals surface area contributed by atoms with E-state index in [2.05, 4.69) is 10.3 Å². The molecule has 1 saturated heterocycles. The second-order valence-electron chi connectivity index (χ2n) is 5.12. The lowest BCUT2D eigenvalue weighted by atomic mass is 9.99. The number of hydrogen-bond donors (Lipinski definition) is 3. The molecule has 0 aliphatic carbocycles. The van der Waals surface area contributed by atoms with Crippen LogP contribution in [-0.2, 0) is 6.54 Å². The van der Waals surface area contributed by atoms with Crippen molar-refractivity contribution in [2.24, 2.45) is 11.8 Å². The Labute approximate surface area is 112 Å². The van der Waals surface area contributed by atoms with E-state index in [0.29, 0.717) is 12.5 Å². The van der Waals surface area contributed by atoms with Crippen LogP contribution in [0.15, 0.2) is 10.5 Å². The van der Waals surface area contributed by atoms with Crippen molar-refractivity contribution in [2.45, 2.75) is 26.3 Å². The van der Waals surface area contributed by atoms with Crippen LogP contribution in [0.4, 0.5) is 0 Å². The molecule has 1 amide bonds. The minimum absolute atomic E-state index is 0.231. The third-order valence-electron chi connectivity index (χ3n) is 3.55. The van der Waals surface area contributed by atoms with Crippen molar-refractivity contribution in [3.8, 4) is 0 Å². The van der Waals surface area contributed by atoms with Crippen LogP contribution >= 0.6 is 0 Å². The van der Waals surface area contributed by atoms with Crippen LogP contribution in [-0.4, -0.2) is 35.6 Å². The van der Waals surface area contributed by atoms with Crippen LogP contribution in [0.25, 0.3) is 0 Å². The minimum atomic E-state index is -0.407. The van der Waals surface area contributed by atoms with Gasteiger partial charge in [0.25, 0.3) is 0 Å². The number of nitrogens with one attached hydrogen (secondary N) is 1. The fraction of sp³-hybridized carbons (Fsp3) is 0.615. The first-order valence-corrected chi connectivity index (χ1v) is 6.57. The van der Waals surface area contributed by atoms with Crippen LogP contribution in [0.1, 0.15) is 34.7 Å². The summed E-state index contributed by atoms with van der Waals surface area (Å²) in [4.78, 5) is 13.7. The number of carbonyl (C=O) groups is 1. The molecule has 0 saturated carbocycles. The Bertz CT molecular complexity index is 444. The second kappa shape index (κ2) is 6.18. The maximum Gasteiger partial charge on any atom is 0.301 e. The fourth-order valence-corrected chi connectivity index (χ4v) is 2.58. The molecule has 2 heterocycles. The van der Waals surface area contributed by atoms with Gasteiger partial charge in [-0.3, -0.25) is 15.1 Å². The molecule has 2 rings (SSSR count). The summed E-state index contributed by atoms with van der Waals surface area (Å²) in [6.07, 6.45) is 2.16. The molecule has 1 unspecified atom stereocenters. The van der Waals surface area contributed by atoms with Crippen molar-refractivity contribution in [1.29, 1.82) is 0 Å². The largest absolute Gasteiger partial charge is 0.454 e. The van der Waals surface area contributed by atoms with Gasteiger partial charge in [0.05, 0.1) is 6.54 Å². The molecule has 1 aliphatic heterocycles. The van der Waals surface area contributed by atoms with Crippen LogP contribution in [0.5, 0.6) is 0 Å². The molecule has 4 N–H and O–H groups in total. The molecule has 6 nitrogen and oxygen atoms in total. The monoisotopic (exact) mass is 267 g/mol. The zero-order valence-electron chi connectivity index (χ0n) is 11.2. The van der Waals surface area contributed by atoms with E-state index in [1.54, 1.807) is 0 Å². The number of aliphatic hydroxyl groups excluding tert-OH is 1. The van der Waals surface area contributed by atoms with Crippen molar-refractivity contribution < 1.29 is 14.3 Å². The number of nitrogens with two attached hydrogens (primary N) is 1. The van der Waals surface area contributed by atoms with E-state index in [4.69, 9.17) is 10.3 Å². The number of carbonyl (C=O) groups excluding carboxylic acids is 1. The first-order valence-electron chi connectivity index (χ1n) is 6.57. The van der Waals surface area contributed by atoms with Crippen LogP contribution in [0.3, 0.4) is 0 Å². The maximum atomic E-state index is 11.5. The number of aliphatic hydroxyl groups is 1. The van der Waals surface area contributed by atoms with E-state index in [0.717, 1.165) is 37.3 Å². The Kier molecular flexibility index (Phi) is 4.57. The van der Waals surface area contributed by atoms with E-state index in [-0.39, 0.29) is 12.4 Å². The average molecular weight is 267 g/mol. The molecule has 1 atom stereocenters. The number of piperidine rings is 1. The Morgan fingerprint density at radius 1 is 1.68 bits per heavy atom. The lowest BCUT2D eigenvalue weighted by Crippen LogP contribution is -2.36. The second-order valence-corrected chi connectivity index (χ2v) is 5.12. The van der Waals surface area contributed by atoms with Gasteiger partial charge >= 0.3 is 5.91 Å². The number of nitrogens with zero attached hydrogens (tertiary/aromatic N) is 1. The molecule has 1 aliphatic rings. The summed E-state index contributed by atoms with van der Waals surface area (Å²) in [6, 6.07) is 1.87. The Balaban J connectivity index is 2.01. The average Bonchev–Trinajstić information content (AvgIpc) is 2.79. The molecule has 0 aromatic carbocycles. The number of amides is 1. The summed E-state index contributed by atoms with van der Waals surface area (Å²) in [6.45, 7) is 4.58. The first-order chi connectivity index (χ1) is 9.13. The highest BCUT2D eigenvalue weighted by molar-refractivity contribution is 5.92. The third-order valence-corrected chi connectivity index (χ3v) is 3.55. The van der Waals surface area contributed by atoms with E-state index in [9.17, 15) is 9.90 Å². The quantitative estimate of drug-likeness (QED) is 0.417. The van der Waals surface area contributed by atoms with E-state index >= 15 is 0 Å². The van der Waals surface area contributed by atoms with Crippen molar-refractivity contribution in [2.75, 3.05) is 19.7 Å². The molecule has 0 radical (unpaired) electrons. The lowest BCUT2D eigenvalue weighted by molar-refractivity contribution is 0.0913. The molecular formula is C13H21N3O3. The van der Waals surface area contributed by atoms with Crippen LogP contribution in [0, 0.1) is 12.8 Å². The van der Waals surface area contributed by atoms with Gasteiger partial charge in [-0.2, -0.15) is 0 Å². The molecule has 1 aromatic rings. The van der Waals surface area contributed by atoms with Crippen molar-refractivity contribution in [1.82, 2.24) is 10.3 Å². The van der Waals surface area contributed by atoms with Crippen LogP contribution in [0.2, 0.25) is 0 Å². The van der Waals surface area contributed by atoms with Gasteiger partial charge in [0.2, 0.25) is 0 Å². The number of furan rings is 1. The molecule has 0 bridgehead atoms. The zero-order valence-corrected chi connectivity index (χ0v) is 11.2. The molecular weight excluding hydrogens is 246 g/mol. The van der Waals surface area contributed by atoms with Crippen molar-refractivity contribution >= 4 is 5.91 Å². The van der Waals surface area contributed by atoms with Gasteiger partial charge in [-0.25, -0.2) is 5.84 Å². The summed E-state index contributed by atoms with van der Waals surface area (Å²) in [7, 11) is 0. The topological polar surface area (TPSA) is 91.7 Å². The van der Waals surface area contributed by atoms with Gasteiger partial charge in [0, 0.05) is 18.7 Å². The number of aryl methyl sites for hydroxylation is 1. The van der Waals surface area contributed by atoms with Gasteiger partial charge in [-0.15, -0.1) is 0 Å². The summed E-state index contributed by atoms with van der Waals surface area (Å²) in [5, 5.41) is 9.21. The highest BCUT2D eigenvalue weighted by Crippen LogP contribution is 2.21. The SMILES string of the molecule is Cc1cc(CN2CCCC(CO)C2)oc1C(=O)NN. The van der Waals surface area contributed by atoms with Gasteiger partial charge in [-0.05, 0) is 38.3 Å². The summed E-state index contributed by atoms with van der Waals surface area (Å²) < 4.78 is 5.54. The lowest BCUT2D eigenvalue weighted by Gasteiger charge is -2.30. The fourth-order valence-electron chi connectivity index (χ4n) is 2.58. The van der Waals surface area contributed by atoms with Gasteiger partial charge in [-0.1, -0.05) is 0 Å². The predicted octanol–water partition coefficient (Wildman–Crippen LogP) is 0.396. The molecule has 6 heteroatoms. The highest BCUT2D eigenvalue weighted by Gasteiger charge is 2.21. The molecule has 1 aromatic heterocycles. The number of hydrazine groups is 1. The number of likely N-dealkylation sites (tertiary alicyclic amines) is 1. The van der Waals surface area contributed by atoms with Crippen LogP contribution < -0.4 is 11.3 Å². The standard InChI is InChI=1S/C13H21N3O3/c1-9-5-11(19-12(9)13(18)15-14)7-16-4-2-3-10(6-16)8-17/h5,10,17H,2-4,6-8,14H2,1H3,(H,15,18). The Morgan fingerprint density at radius 2 is 2.47 bits per heavy atom. The number of nitrogen functional groups attached to an aromatic ring is 1. The highest BCUT2D eigenvalue weighted by atomic mass is 16.4. The molecule has 0 spiro atoms. The van der Waals surface area contributed by atoms with Crippen molar-refractivity contribution in [3.05, 3.63) is 23.2 Å². The van der Waals surface area contributed by atoms with Gasteiger partial charge in [0.1, 0.15) is 5.76 Å². The normalized spacial score (nSPS) is 20.5. The maximum absolute atomic E-state index is 11.5. The smallest absolute Gasteiger partial charge is 0.301 e. The van der Waals surface area contributed by atoms with E-state index < -0.39 is 5.91 Å². The first kappa shape index (κ1) is 14.0. The molecule has 19 heavy (non-hydrogen) atoms. The van der Waals surface area contributed by atoms with E-state index in [1.807, 2.05) is 13.0 Å². The summed E-state index contributed by atoms with van der Waals surface area (Å²) in [5.41, 5.74) is 2.86. The number of rotatable bonds is 4. The predicted molar refractivity (Wildman–Crippen MR) is 70.2 cm³/mol. The van der Waals surface area contributed by atoms with Gasteiger partial charge < -0.3 is 9.52 Å². The van der Waals surface area contributed by atoms with E-state index in [1.165, 1.54) is 0 Å². The molecule has 106 valence electrons. The summed E-state index contributed by atoms with van der Waals surface area (Å²) >= 11 is 0. The molecule has 1 fully saturated rings. The zero-order chi connectivity index (χ0) is 13.8. The Morgan fingerprint density at radius 3 is 3.16 bits per heavy atom. The van der Waals surface area contributed by atoms with Crippen molar-refractivity contribution in [3.63, 3.8) is 0 Å². The summed E-state index contributed by atoms with van der Waals surface area (Å²) in [5.74, 6) is 6.07. The number of hydrogen-bond acceptors (Lipinski definition) is 5. The Hall–Kier alpha value is -1.37. The van der Waals surface area contributed by atoms with Gasteiger partial charge in [0.15, 0.2) is 5.76 Å². The minimum Gasteiger partial charge on any atom is -0.454 e.